The van der Waals surface area contributed by atoms with Gasteiger partial charge in [0.2, 0.25) is 0 Å². The predicted octanol–water partition coefficient (Wildman–Crippen LogP) is 3.07. The van der Waals surface area contributed by atoms with Gasteiger partial charge in [-0.2, -0.15) is 0 Å². The Bertz CT molecular complexity index is 1420. The van der Waals surface area contributed by atoms with E-state index in [2.05, 4.69) is 37.9 Å². The summed E-state index contributed by atoms with van der Waals surface area (Å²) in [6, 6.07) is 13.9. The van der Waals surface area contributed by atoms with Crippen LogP contribution in [0.15, 0.2) is 65.6 Å². The molecule has 2 fully saturated rings. The number of nitrogens with two attached hydrogens (primary N) is 1. The number of aliphatic hydroxyl groups excluding tert-OH is 1. The highest BCUT2D eigenvalue weighted by Gasteiger charge is 2.54. The first-order valence-electron chi connectivity index (χ1n) is 12.7. The summed E-state index contributed by atoms with van der Waals surface area (Å²) in [6.45, 7) is 6.20. The lowest BCUT2D eigenvalue weighted by molar-refractivity contribution is 0.184. The molecule has 1 saturated heterocycles. The van der Waals surface area contributed by atoms with E-state index in [9.17, 15) is 5.11 Å². The number of rotatable bonds is 7. The summed E-state index contributed by atoms with van der Waals surface area (Å²) < 4.78 is 7.41. The number of fused-ring (bicyclic) bond motifs is 1. The molecule has 0 bridgehead atoms. The molecular formula is C29H30N6O2. The third kappa shape index (κ3) is 5.07. The van der Waals surface area contributed by atoms with Crippen LogP contribution in [-0.2, 0) is 13.1 Å². The number of hydrogen-bond acceptors (Lipinski definition) is 7. The quantitative estimate of drug-likeness (QED) is 0.380. The minimum atomic E-state index is -0.644. The molecule has 4 heterocycles. The average molecular weight is 495 g/mol. The minimum absolute atomic E-state index is 0.480. The smallest absolute Gasteiger partial charge is 0.167 e. The van der Waals surface area contributed by atoms with Gasteiger partial charge < -0.3 is 19.9 Å². The Morgan fingerprint density at radius 2 is 1.78 bits per heavy atom. The Hall–Kier alpha value is -3.77. The lowest BCUT2D eigenvalue weighted by atomic mass is 10.1. The summed E-state index contributed by atoms with van der Waals surface area (Å²) in [5.74, 6) is 10.1. The number of hydrogen-bond donors (Lipinski definition) is 2. The lowest BCUT2D eigenvalue weighted by Gasteiger charge is -2.18. The van der Waals surface area contributed by atoms with E-state index in [0.717, 1.165) is 72.0 Å². The molecule has 0 radical (unpaired) electrons. The molecule has 0 spiro atoms. The van der Waals surface area contributed by atoms with E-state index in [4.69, 9.17) is 10.3 Å². The second-order valence-electron chi connectivity index (χ2n) is 10.1. The molecule has 3 atom stereocenters. The summed E-state index contributed by atoms with van der Waals surface area (Å²) in [6.07, 6.45) is 4.70. The highest BCUT2D eigenvalue weighted by atomic mass is 16.5. The van der Waals surface area contributed by atoms with Gasteiger partial charge in [-0.3, -0.25) is 9.88 Å². The summed E-state index contributed by atoms with van der Waals surface area (Å²) in [5, 5.41) is 14.0. The maximum absolute atomic E-state index is 9.84. The Balaban J connectivity index is 1.05. The van der Waals surface area contributed by atoms with Crippen molar-refractivity contribution in [3.63, 3.8) is 0 Å². The normalized spacial score (nSPS) is 21.3. The Kier molecular flexibility index (Phi) is 6.35. The van der Waals surface area contributed by atoms with Crippen LogP contribution in [0.1, 0.15) is 41.4 Å². The molecule has 1 aliphatic heterocycles. The topological polar surface area (TPSA) is 106 Å². The first kappa shape index (κ1) is 23.6. The SMILES string of the molecule is C[C@H](O)c1nccn1Cc1cc(-c2ccc(C#Cc3ccc(CN4CC5C(CN)C5C4)nc3)cc2)on1. The van der Waals surface area contributed by atoms with Crippen molar-refractivity contribution in [3.8, 4) is 23.2 Å². The summed E-state index contributed by atoms with van der Waals surface area (Å²) in [7, 11) is 0. The maximum Gasteiger partial charge on any atom is 0.167 e. The molecule has 188 valence electrons. The highest BCUT2D eigenvalue weighted by Crippen LogP contribution is 2.51. The van der Waals surface area contributed by atoms with Crippen molar-refractivity contribution < 1.29 is 9.63 Å². The van der Waals surface area contributed by atoms with Gasteiger partial charge in [-0.25, -0.2) is 4.98 Å². The third-order valence-corrected chi connectivity index (χ3v) is 7.46. The van der Waals surface area contributed by atoms with E-state index in [1.165, 1.54) is 0 Å². The first-order valence-corrected chi connectivity index (χ1v) is 12.7. The number of aromatic nitrogens is 4. The first-order chi connectivity index (χ1) is 18.1. The molecule has 6 rings (SSSR count). The average Bonchev–Trinajstić information content (AvgIpc) is 3.38. The molecule has 2 unspecified atom stereocenters. The molecule has 3 aromatic heterocycles. The van der Waals surface area contributed by atoms with Crippen LogP contribution in [0.2, 0.25) is 0 Å². The van der Waals surface area contributed by atoms with E-state index in [0.29, 0.717) is 18.1 Å². The number of imidazole rings is 1. The van der Waals surface area contributed by atoms with Gasteiger partial charge in [0.15, 0.2) is 5.76 Å². The zero-order chi connectivity index (χ0) is 25.4. The number of pyridine rings is 1. The summed E-state index contributed by atoms with van der Waals surface area (Å²) >= 11 is 0. The van der Waals surface area contributed by atoms with E-state index >= 15 is 0 Å². The molecule has 8 nitrogen and oxygen atoms in total. The highest BCUT2D eigenvalue weighted by molar-refractivity contribution is 5.59. The largest absolute Gasteiger partial charge is 0.385 e. The van der Waals surface area contributed by atoms with Gasteiger partial charge in [0.05, 0.1) is 12.2 Å². The van der Waals surface area contributed by atoms with E-state index in [-0.39, 0.29) is 0 Å². The van der Waals surface area contributed by atoms with Crippen LogP contribution < -0.4 is 5.73 Å². The lowest BCUT2D eigenvalue weighted by Crippen LogP contribution is -2.26. The molecule has 1 aliphatic carbocycles. The second kappa shape index (κ2) is 9.94. The van der Waals surface area contributed by atoms with Crippen molar-refractivity contribution in [2.75, 3.05) is 19.6 Å². The van der Waals surface area contributed by atoms with E-state index in [1.54, 1.807) is 13.1 Å². The van der Waals surface area contributed by atoms with Gasteiger partial charge in [-0.05, 0) is 67.6 Å². The van der Waals surface area contributed by atoms with Crippen LogP contribution in [0.3, 0.4) is 0 Å². The maximum atomic E-state index is 9.84. The van der Waals surface area contributed by atoms with Gasteiger partial charge in [0.25, 0.3) is 0 Å². The van der Waals surface area contributed by atoms with Gasteiger partial charge in [0.1, 0.15) is 17.6 Å². The second-order valence-corrected chi connectivity index (χ2v) is 10.1. The number of likely N-dealkylation sites (tertiary alicyclic amines) is 1. The minimum Gasteiger partial charge on any atom is -0.385 e. The number of piperidine rings is 1. The zero-order valence-electron chi connectivity index (χ0n) is 20.8. The Labute approximate surface area is 216 Å². The van der Waals surface area contributed by atoms with Crippen molar-refractivity contribution in [2.45, 2.75) is 26.1 Å². The number of aliphatic hydroxyl groups is 1. The van der Waals surface area contributed by atoms with Crippen LogP contribution in [0.5, 0.6) is 0 Å². The third-order valence-electron chi connectivity index (χ3n) is 7.46. The molecule has 8 heteroatoms. The van der Waals surface area contributed by atoms with Crippen molar-refractivity contribution in [1.29, 1.82) is 0 Å². The van der Waals surface area contributed by atoms with Gasteiger partial charge >= 0.3 is 0 Å². The molecule has 1 aromatic carbocycles. The van der Waals surface area contributed by atoms with Gasteiger partial charge in [-0.1, -0.05) is 17.0 Å². The van der Waals surface area contributed by atoms with E-state index in [1.807, 2.05) is 53.4 Å². The van der Waals surface area contributed by atoms with Gasteiger partial charge in [0, 0.05) is 61.0 Å². The summed E-state index contributed by atoms with van der Waals surface area (Å²) in [5.41, 5.74) is 10.4. The number of nitrogens with zero attached hydrogens (tertiary/aromatic N) is 5. The van der Waals surface area contributed by atoms with Crippen molar-refractivity contribution in [3.05, 3.63) is 89.4 Å². The fourth-order valence-corrected chi connectivity index (χ4v) is 5.42. The van der Waals surface area contributed by atoms with E-state index < -0.39 is 6.10 Å². The monoisotopic (exact) mass is 494 g/mol. The standard InChI is InChI=1S/C29H30N6O2/c1-19(36)29-31-10-11-35(29)16-24-12-28(37-33-24)22-7-4-20(5-8-22)2-3-21-6-9-23(32-14-21)15-34-17-26-25(13-30)27(26)18-34/h4-12,14,19,25-27,36H,13,15-18,30H2,1H3/t19-,25?,26?,27?/m0/s1. The predicted molar refractivity (Wildman–Crippen MR) is 139 cm³/mol. The van der Waals surface area contributed by atoms with Crippen LogP contribution >= 0.6 is 0 Å². The van der Waals surface area contributed by atoms with Crippen molar-refractivity contribution in [2.24, 2.45) is 23.5 Å². The molecule has 0 amide bonds. The van der Waals surface area contributed by atoms with Crippen molar-refractivity contribution in [1.82, 2.24) is 24.6 Å². The van der Waals surface area contributed by atoms with Crippen molar-refractivity contribution >= 4 is 0 Å². The Morgan fingerprint density at radius 1 is 1.03 bits per heavy atom. The molecule has 1 saturated carbocycles. The Morgan fingerprint density at radius 3 is 2.49 bits per heavy atom. The molecule has 3 N–H and O–H groups in total. The fraction of sp³-hybridized carbons (Fsp3) is 0.345. The van der Waals surface area contributed by atoms with Crippen LogP contribution in [0.25, 0.3) is 11.3 Å². The molecule has 4 aromatic rings. The zero-order valence-corrected chi connectivity index (χ0v) is 20.8. The molecule has 37 heavy (non-hydrogen) atoms. The van der Waals surface area contributed by atoms with Gasteiger partial charge in [-0.15, -0.1) is 0 Å². The molecule has 2 aliphatic rings. The fourth-order valence-electron chi connectivity index (χ4n) is 5.42. The molecular weight excluding hydrogens is 464 g/mol. The van der Waals surface area contributed by atoms with Crippen LogP contribution in [-0.4, -0.2) is 49.3 Å². The summed E-state index contributed by atoms with van der Waals surface area (Å²) in [4.78, 5) is 11.3. The number of benzene rings is 1. The van der Waals surface area contributed by atoms with Crippen LogP contribution in [0, 0.1) is 29.6 Å². The van der Waals surface area contributed by atoms with Crippen LogP contribution in [0.4, 0.5) is 0 Å².